The molecule has 2 aromatic rings. The Balaban J connectivity index is 1.96. The van der Waals surface area contributed by atoms with Gasteiger partial charge in [-0.1, -0.05) is 13.3 Å². The second kappa shape index (κ2) is 5.84. The molecular weight excluding hydrogens is 272 g/mol. The zero-order valence-electron chi connectivity index (χ0n) is 12.1. The fraction of sp³-hybridized carbons (Fsp3) is 0.438. The summed E-state index contributed by atoms with van der Waals surface area (Å²) in [5.41, 5.74) is 1.38. The number of nitrogens with one attached hydrogen (secondary N) is 1. The number of aryl methyl sites for hydroxylation is 1. The van der Waals surface area contributed by atoms with E-state index in [-0.39, 0.29) is 11.9 Å². The molecule has 5 heteroatoms. The summed E-state index contributed by atoms with van der Waals surface area (Å²) < 4.78 is 29.3. The molecule has 1 aliphatic heterocycles. The van der Waals surface area contributed by atoms with Crippen LogP contribution in [-0.2, 0) is 6.42 Å². The van der Waals surface area contributed by atoms with Crippen molar-refractivity contribution in [2.75, 3.05) is 11.9 Å². The Morgan fingerprint density at radius 3 is 3.00 bits per heavy atom. The van der Waals surface area contributed by atoms with Gasteiger partial charge in [0, 0.05) is 18.2 Å². The number of aromatic nitrogens is 2. The van der Waals surface area contributed by atoms with Crippen molar-refractivity contribution in [2.45, 2.75) is 38.6 Å². The van der Waals surface area contributed by atoms with E-state index in [1.807, 2.05) is 6.07 Å². The normalized spacial score (nSPS) is 17.4. The van der Waals surface area contributed by atoms with Crippen molar-refractivity contribution >= 4 is 5.82 Å². The smallest absolute Gasteiger partial charge is 0.128 e. The molecule has 0 bridgehead atoms. The lowest BCUT2D eigenvalue weighted by Crippen LogP contribution is -2.25. The average molecular weight is 291 g/mol. The summed E-state index contributed by atoms with van der Waals surface area (Å²) in [6.07, 6.45) is 3.80. The van der Waals surface area contributed by atoms with Crippen molar-refractivity contribution in [1.82, 2.24) is 9.78 Å². The third kappa shape index (κ3) is 2.77. The molecule has 0 spiro atoms. The maximum Gasteiger partial charge on any atom is 0.128 e. The number of unbranched alkanes of at least 4 members (excludes halogenated alkanes) is 1. The highest BCUT2D eigenvalue weighted by molar-refractivity contribution is 5.41. The van der Waals surface area contributed by atoms with Gasteiger partial charge in [0.1, 0.15) is 17.5 Å². The van der Waals surface area contributed by atoms with Crippen molar-refractivity contribution in [3.63, 3.8) is 0 Å². The lowest BCUT2D eigenvalue weighted by atomic mass is 10.0. The van der Waals surface area contributed by atoms with E-state index in [4.69, 9.17) is 0 Å². The van der Waals surface area contributed by atoms with Crippen LogP contribution in [0.15, 0.2) is 24.3 Å². The molecule has 2 heterocycles. The van der Waals surface area contributed by atoms with E-state index in [2.05, 4.69) is 17.3 Å². The summed E-state index contributed by atoms with van der Waals surface area (Å²) in [6, 6.07) is 5.39. The number of hydrogen-bond donors (Lipinski definition) is 1. The molecule has 0 saturated carbocycles. The summed E-state index contributed by atoms with van der Waals surface area (Å²) in [5, 5.41) is 7.86. The van der Waals surface area contributed by atoms with Gasteiger partial charge in [0.25, 0.3) is 0 Å². The predicted molar refractivity (Wildman–Crippen MR) is 78.4 cm³/mol. The van der Waals surface area contributed by atoms with Crippen molar-refractivity contribution < 1.29 is 8.78 Å². The first-order valence-corrected chi connectivity index (χ1v) is 7.46. The average Bonchev–Trinajstić information content (AvgIpc) is 2.90. The maximum absolute atomic E-state index is 14.0. The highest BCUT2D eigenvalue weighted by Gasteiger charge is 2.25. The minimum Gasteiger partial charge on any atom is -0.370 e. The second-order valence-electron chi connectivity index (χ2n) is 5.47. The van der Waals surface area contributed by atoms with Crippen LogP contribution in [0.2, 0.25) is 0 Å². The molecular formula is C16H19F2N3. The first-order chi connectivity index (χ1) is 10.2. The SMILES string of the molecule is CCCCc1cc2n(n1)C(c1cc(F)ccc1F)CCN2. The lowest BCUT2D eigenvalue weighted by molar-refractivity contribution is 0.451. The number of nitrogens with zero attached hydrogens (tertiary/aromatic N) is 2. The Kier molecular flexibility index (Phi) is 3.90. The number of rotatable bonds is 4. The Labute approximate surface area is 123 Å². The van der Waals surface area contributed by atoms with Crippen LogP contribution in [-0.4, -0.2) is 16.3 Å². The number of halogens is 2. The van der Waals surface area contributed by atoms with E-state index < -0.39 is 5.82 Å². The summed E-state index contributed by atoms with van der Waals surface area (Å²) in [5.74, 6) is 0.103. The zero-order valence-corrected chi connectivity index (χ0v) is 12.1. The summed E-state index contributed by atoms with van der Waals surface area (Å²) in [6.45, 7) is 2.87. The van der Waals surface area contributed by atoms with Crippen LogP contribution in [0.1, 0.15) is 43.5 Å². The standard InChI is InChI=1S/C16H19F2N3/c1-2-3-4-12-10-16-19-8-7-15(21(16)20-12)13-9-11(17)5-6-14(13)18/h5-6,9-10,15,19H,2-4,7-8H2,1H3. The first-order valence-electron chi connectivity index (χ1n) is 7.46. The molecule has 3 nitrogen and oxygen atoms in total. The number of fused-ring (bicyclic) bond motifs is 1. The Bertz CT molecular complexity index is 636. The quantitative estimate of drug-likeness (QED) is 0.925. The van der Waals surface area contributed by atoms with E-state index in [9.17, 15) is 8.78 Å². The van der Waals surface area contributed by atoms with Gasteiger partial charge in [0.05, 0.1) is 11.7 Å². The molecule has 1 aromatic heterocycles. The number of hydrogen-bond acceptors (Lipinski definition) is 2. The molecule has 1 atom stereocenters. The summed E-state index contributed by atoms with van der Waals surface area (Å²) in [7, 11) is 0. The van der Waals surface area contributed by atoms with Gasteiger partial charge in [0.2, 0.25) is 0 Å². The van der Waals surface area contributed by atoms with Crippen LogP contribution >= 0.6 is 0 Å². The fourth-order valence-corrected chi connectivity index (χ4v) is 2.81. The van der Waals surface area contributed by atoms with E-state index in [1.54, 1.807) is 4.68 Å². The van der Waals surface area contributed by atoms with Crippen molar-refractivity contribution in [3.8, 4) is 0 Å². The van der Waals surface area contributed by atoms with Crippen molar-refractivity contribution in [3.05, 3.63) is 47.2 Å². The van der Waals surface area contributed by atoms with Gasteiger partial charge in [-0.25, -0.2) is 13.5 Å². The molecule has 1 unspecified atom stereocenters. The summed E-state index contributed by atoms with van der Waals surface area (Å²) >= 11 is 0. The lowest BCUT2D eigenvalue weighted by Gasteiger charge is -2.26. The van der Waals surface area contributed by atoms with Gasteiger partial charge in [-0.05, 0) is 37.5 Å². The number of anilines is 1. The van der Waals surface area contributed by atoms with Gasteiger partial charge >= 0.3 is 0 Å². The second-order valence-corrected chi connectivity index (χ2v) is 5.47. The maximum atomic E-state index is 14.0. The molecule has 1 N–H and O–H groups in total. The molecule has 0 radical (unpaired) electrons. The van der Waals surface area contributed by atoms with Crippen LogP contribution in [0.4, 0.5) is 14.6 Å². The number of benzene rings is 1. The Hall–Kier alpha value is -1.91. The van der Waals surface area contributed by atoms with Gasteiger partial charge in [-0.3, -0.25) is 0 Å². The summed E-state index contributed by atoms with van der Waals surface area (Å²) in [4.78, 5) is 0. The molecule has 21 heavy (non-hydrogen) atoms. The van der Waals surface area contributed by atoms with E-state index in [0.29, 0.717) is 12.0 Å². The molecule has 0 fully saturated rings. The van der Waals surface area contributed by atoms with Crippen LogP contribution in [0.5, 0.6) is 0 Å². The van der Waals surface area contributed by atoms with E-state index in [1.165, 1.54) is 12.1 Å². The van der Waals surface area contributed by atoms with Gasteiger partial charge in [-0.15, -0.1) is 0 Å². The van der Waals surface area contributed by atoms with Crippen LogP contribution in [0, 0.1) is 11.6 Å². The van der Waals surface area contributed by atoms with Crippen LogP contribution in [0.25, 0.3) is 0 Å². The van der Waals surface area contributed by atoms with Gasteiger partial charge in [-0.2, -0.15) is 5.10 Å². The third-order valence-corrected chi connectivity index (χ3v) is 3.91. The van der Waals surface area contributed by atoms with Crippen molar-refractivity contribution in [2.24, 2.45) is 0 Å². The third-order valence-electron chi connectivity index (χ3n) is 3.91. The molecule has 0 saturated heterocycles. The predicted octanol–water partition coefficient (Wildman–Crippen LogP) is 3.91. The Morgan fingerprint density at radius 2 is 2.19 bits per heavy atom. The van der Waals surface area contributed by atoms with Crippen LogP contribution < -0.4 is 5.32 Å². The first kappa shape index (κ1) is 14.0. The van der Waals surface area contributed by atoms with Crippen molar-refractivity contribution in [1.29, 1.82) is 0 Å². The van der Waals surface area contributed by atoms with E-state index in [0.717, 1.165) is 43.4 Å². The largest absolute Gasteiger partial charge is 0.370 e. The molecule has 1 aliphatic rings. The molecule has 112 valence electrons. The molecule has 3 rings (SSSR count). The van der Waals surface area contributed by atoms with Crippen LogP contribution in [0.3, 0.4) is 0 Å². The molecule has 1 aromatic carbocycles. The topological polar surface area (TPSA) is 29.9 Å². The highest BCUT2D eigenvalue weighted by Crippen LogP contribution is 2.31. The minimum absolute atomic E-state index is 0.243. The molecule has 0 amide bonds. The monoisotopic (exact) mass is 291 g/mol. The Morgan fingerprint density at radius 1 is 1.33 bits per heavy atom. The van der Waals surface area contributed by atoms with Gasteiger partial charge in [0.15, 0.2) is 0 Å². The fourth-order valence-electron chi connectivity index (χ4n) is 2.81. The van der Waals surface area contributed by atoms with E-state index >= 15 is 0 Å². The minimum atomic E-state index is -0.412. The molecule has 0 aliphatic carbocycles. The zero-order chi connectivity index (χ0) is 14.8. The highest BCUT2D eigenvalue weighted by atomic mass is 19.1. The van der Waals surface area contributed by atoms with Gasteiger partial charge < -0.3 is 5.32 Å².